The molecular formula is C14H24N2O3S2. The van der Waals surface area contributed by atoms with E-state index in [1.807, 2.05) is 25.6 Å². The molecule has 1 aliphatic rings. The molecular weight excluding hydrogens is 308 g/mol. The number of nitrogens with one attached hydrogen (secondary N) is 1. The first-order valence-corrected chi connectivity index (χ1v) is 9.97. The summed E-state index contributed by atoms with van der Waals surface area (Å²) in [6.07, 6.45) is 3.75. The van der Waals surface area contributed by atoms with Crippen molar-refractivity contribution >= 4 is 21.8 Å². The maximum absolute atomic E-state index is 12.4. The highest BCUT2D eigenvalue weighted by Crippen LogP contribution is 2.23. The maximum atomic E-state index is 12.4. The summed E-state index contributed by atoms with van der Waals surface area (Å²) in [6, 6.07) is 1.67. The molecule has 1 fully saturated rings. The molecule has 120 valence electrons. The Morgan fingerprint density at radius 2 is 2.10 bits per heavy atom. The standard InChI is InChI=1S/C14H24N2O3S2/c1-11(2)16-9-14(7-13(16)10-17)21(18,19)15-8-12-3-5-20-6-4-12/h7,9,11-12,15,17H,3-6,8,10H2,1-2H3. The monoisotopic (exact) mass is 332 g/mol. The molecule has 0 unspecified atom stereocenters. The predicted molar refractivity (Wildman–Crippen MR) is 86.0 cm³/mol. The summed E-state index contributed by atoms with van der Waals surface area (Å²) in [5.74, 6) is 2.67. The third kappa shape index (κ3) is 4.25. The molecule has 0 bridgehead atoms. The van der Waals surface area contributed by atoms with Crippen molar-refractivity contribution in [2.75, 3.05) is 18.1 Å². The lowest BCUT2D eigenvalue weighted by Gasteiger charge is -2.21. The van der Waals surface area contributed by atoms with E-state index in [0.29, 0.717) is 18.2 Å². The van der Waals surface area contributed by atoms with Crippen LogP contribution in [0.1, 0.15) is 38.4 Å². The Bertz CT molecular complexity index is 561. The average molecular weight is 332 g/mol. The first-order valence-electron chi connectivity index (χ1n) is 7.33. The molecule has 5 nitrogen and oxygen atoms in total. The molecule has 0 spiro atoms. The SMILES string of the molecule is CC(C)n1cc(S(=O)(=O)NCC2CCSCC2)cc1CO. The highest BCUT2D eigenvalue weighted by molar-refractivity contribution is 7.99. The van der Waals surface area contributed by atoms with Gasteiger partial charge in [-0.3, -0.25) is 0 Å². The molecule has 0 saturated carbocycles. The topological polar surface area (TPSA) is 71.3 Å². The van der Waals surface area contributed by atoms with Crippen molar-refractivity contribution in [2.24, 2.45) is 5.92 Å². The van der Waals surface area contributed by atoms with Gasteiger partial charge in [-0.2, -0.15) is 11.8 Å². The minimum absolute atomic E-state index is 0.117. The number of nitrogens with zero attached hydrogens (tertiary/aromatic N) is 1. The van der Waals surface area contributed by atoms with Crippen molar-refractivity contribution in [1.82, 2.24) is 9.29 Å². The second-order valence-corrected chi connectivity index (χ2v) is 8.73. The van der Waals surface area contributed by atoms with Crippen LogP contribution in [0.4, 0.5) is 0 Å². The Morgan fingerprint density at radius 3 is 2.62 bits per heavy atom. The highest BCUT2D eigenvalue weighted by Gasteiger charge is 2.21. The largest absolute Gasteiger partial charge is 0.390 e. The van der Waals surface area contributed by atoms with E-state index in [1.54, 1.807) is 16.8 Å². The number of aliphatic hydroxyl groups excluding tert-OH is 1. The molecule has 1 saturated heterocycles. The van der Waals surface area contributed by atoms with Gasteiger partial charge in [-0.25, -0.2) is 13.1 Å². The van der Waals surface area contributed by atoms with E-state index < -0.39 is 10.0 Å². The lowest BCUT2D eigenvalue weighted by molar-refractivity contribution is 0.268. The molecule has 0 aromatic carbocycles. The Labute approximate surface area is 131 Å². The normalized spacial score (nSPS) is 17.5. The van der Waals surface area contributed by atoms with Gasteiger partial charge in [0.2, 0.25) is 10.0 Å². The van der Waals surface area contributed by atoms with E-state index in [9.17, 15) is 13.5 Å². The number of aliphatic hydroxyl groups is 1. The third-order valence-electron chi connectivity index (χ3n) is 3.84. The van der Waals surface area contributed by atoms with Crippen LogP contribution in [0.15, 0.2) is 17.2 Å². The molecule has 0 amide bonds. The molecule has 0 radical (unpaired) electrons. The smallest absolute Gasteiger partial charge is 0.242 e. The van der Waals surface area contributed by atoms with Crippen molar-refractivity contribution in [3.63, 3.8) is 0 Å². The fourth-order valence-corrected chi connectivity index (χ4v) is 4.88. The van der Waals surface area contributed by atoms with Crippen molar-refractivity contribution in [3.05, 3.63) is 18.0 Å². The van der Waals surface area contributed by atoms with Gasteiger partial charge in [0.05, 0.1) is 11.5 Å². The van der Waals surface area contributed by atoms with Crippen LogP contribution < -0.4 is 4.72 Å². The van der Waals surface area contributed by atoms with Crippen molar-refractivity contribution in [1.29, 1.82) is 0 Å². The van der Waals surface area contributed by atoms with Crippen LogP contribution in [0.25, 0.3) is 0 Å². The zero-order valence-corrected chi connectivity index (χ0v) is 14.2. The number of hydrogen-bond donors (Lipinski definition) is 2. The van der Waals surface area contributed by atoms with Gasteiger partial charge in [0.25, 0.3) is 0 Å². The van der Waals surface area contributed by atoms with Crippen molar-refractivity contribution in [2.45, 2.75) is 44.2 Å². The summed E-state index contributed by atoms with van der Waals surface area (Å²) in [4.78, 5) is 0.241. The van der Waals surface area contributed by atoms with Crippen molar-refractivity contribution in [3.8, 4) is 0 Å². The minimum atomic E-state index is -3.49. The van der Waals surface area contributed by atoms with Crippen LogP contribution in [0, 0.1) is 5.92 Å². The minimum Gasteiger partial charge on any atom is -0.390 e. The Kier molecular flexibility index (Phi) is 5.76. The van der Waals surface area contributed by atoms with E-state index in [2.05, 4.69) is 4.72 Å². The molecule has 7 heteroatoms. The van der Waals surface area contributed by atoms with Gasteiger partial charge in [-0.1, -0.05) is 0 Å². The average Bonchev–Trinajstić information content (AvgIpc) is 2.92. The van der Waals surface area contributed by atoms with Crippen LogP contribution in [-0.4, -0.2) is 36.1 Å². The van der Waals surface area contributed by atoms with E-state index in [4.69, 9.17) is 0 Å². The lowest BCUT2D eigenvalue weighted by Crippen LogP contribution is -2.30. The van der Waals surface area contributed by atoms with Crippen LogP contribution in [0.3, 0.4) is 0 Å². The molecule has 1 aromatic rings. The van der Waals surface area contributed by atoms with Gasteiger partial charge >= 0.3 is 0 Å². The summed E-state index contributed by atoms with van der Waals surface area (Å²) in [5, 5.41) is 9.34. The van der Waals surface area contributed by atoms with Gasteiger partial charge in [-0.15, -0.1) is 0 Å². The third-order valence-corrected chi connectivity index (χ3v) is 6.28. The molecule has 1 aliphatic heterocycles. The molecule has 2 rings (SSSR count). The van der Waals surface area contributed by atoms with Crippen LogP contribution >= 0.6 is 11.8 Å². The van der Waals surface area contributed by atoms with E-state index >= 15 is 0 Å². The summed E-state index contributed by atoms with van der Waals surface area (Å²) in [6.45, 7) is 4.27. The van der Waals surface area contributed by atoms with Crippen molar-refractivity contribution < 1.29 is 13.5 Å². The molecule has 21 heavy (non-hydrogen) atoms. The lowest BCUT2D eigenvalue weighted by atomic mass is 10.0. The molecule has 0 aliphatic carbocycles. The zero-order valence-electron chi connectivity index (χ0n) is 12.6. The Balaban J connectivity index is 2.08. The summed E-state index contributed by atoms with van der Waals surface area (Å²) in [5.41, 5.74) is 0.624. The number of thioether (sulfide) groups is 1. The quantitative estimate of drug-likeness (QED) is 0.836. The number of hydrogen-bond acceptors (Lipinski definition) is 4. The second-order valence-electron chi connectivity index (χ2n) is 5.73. The fraction of sp³-hybridized carbons (Fsp3) is 0.714. The predicted octanol–water partition coefficient (Wildman–Crippen LogP) is 1.98. The van der Waals surface area contributed by atoms with Crippen LogP contribution in [0.5, 0.6) is 0 Å². The number of rotatable bonds is 6. The first kappa shape index (κ1) is 16.9. The molecule has 1 aromatic heterocycles. The highest BCUT2D eigenvalue weighted by atomic mass is 32.2. The van der Waals surface area contributed by atoms with Gasteiger partial charge in [0.15, 0.2) is 0 Å². The summed E-state index contributed by atoms with van der Waals surface area (Å²) in [7, 11) is -3.49. The van der Waals surface area contributed by atoms with Gasteiger partial charge in [0, 0.05) is 24.5 Å². The number of aromatic nitrogens is 1. The second kappa shape index (κ2) is 7.17. The molecule has 2 N–H and O–H groups in total. The molecule has 0 atom stereocenters. The zero-order chi connectivity index (χ0) is 15.5. The van der Waals surface area contributed by atoms with Crippen LogP contribution in [0.2, 0.25) is 0 Å². The maximum Gasteiger partial charge on any atom is 0.242 e. The van der Waals surface area contributed by atoms with Crippen LogP contribution in [-0.2, 0) is 16.6 Å². The summed E-state index contributed by atoms with van der Waals surface area (Å²) < 4.78 is 29.2. The Morgan fingerprint density at radius 1 is 1.43 bits per heavy atom. The van der Waals surface area contributed by atoms with Gasteiger partial charge < -0.3 is 9.67 Å². The first-order chi connectivity index (χ1) is 9.94. The van der Waals surface area contributed by atoms with E-state index in [-0.39, 0.29) is 17.5 Å². The van der Waals surface area contributed by atoms with E-state index in [0.717, 1.165) is 24.3 Å². The van der Waals surface area contributed by atoms with Gasteiger partial charge in [0.1, 0.15) is 0 Å². The fourth-order valence-electron chi connectivity index (χ4n) is 2.51. The summed E-state index contributed by atoms with van der Waals surface area (Å²) >= 11 is 1.93. The van der Waals surface area contributed by atoms with E-state index in [1.165, 1.54) is 0 Å². The molecule has 2 heterocycles. The Hall–Kier alpha value is -0.500. The van der Waals surface area contributed by atoms with Gasteiger partial charge in [-0.05, 0) is 50.2 Å². The number of sulfonamides is 1.